The van der Waals surface area contributed by atoms with Gasteiger partial charge in [0.2, 0.25) is 0 Å². The van der Waals surface area contributed by atoms with E-state index < -0.39 is 0 Å². The number of phenolic OH excluding ortho intramolecular Hbond substituents is 1. The molecule has 0 spiro atoms. The summed E-state index contributed by atoms with van der Waals surface area (Å²) in [4.78, 5) is 0. The minimum absolute atomic E-state index is 0.164. The van der Waals surface area contributed by atoms with Crippen LogP contribution in [-0.2, 0) is 6.42 Å². The molecule has 3 heteroatoms. The van der Waals surface area contributed by atoms with E-state index in [9.17, 15) is 9.50 Å². The molecule has 0 unspecified atom stereocenters. The molecule has 0 saturated heterocycles. The lowest BCUT2D eigenvalue weighted by Crippen LogP contribution is -2.00. The van der Waals surface area contributed by atoms with Crippen molar-refractivity contribution in [3.8, 4) is 22.6 Å². The number of phenols is 1. The van der Waals surface area contributed by atoms with Crippen molar-refractivity contribution in [2.24, 2.45) is 0 Å². The summed E-state index contributed by atoms with van der Waals surface area (Å²) in [6.45, 7) is 4.91. The van der Waals surface area contributed by atoms with Gasteiger partial charge in [-0.1, -0.05) is 45.2 Å². The van der Waals surface area contributed by atoms with E-state index in [2.05, 4.69) is 13.8 Å². The number of unbranched alkanes of at least 4 members (excludes halogenated alkanes) is 3. The summed E-state index contributed by atoms with van der Waals surface area (Å²) in [5.41, 5.74) is 2.56. The minimum atomic E-state index is -0.281. The van der Waals surface area contributed by atoms with E-state index >= 15 is 0 Å². The van der Waals surface area contributed by atoms with Crippen LogP contribution in [0.4, 0.5) is 4.39 Å². The van der Waals surface area contributed by atoms with E-state index in [0.29, 0.717) is 12.2 Å². The predicted molar refractivity (Wildman–Crippen MR) is 92.5 cm³/mol. The largest absolute Gasteiger partial charge is 0.507 e. The van der Waals surface area contributed by atoms with Gasteiger partial charge in [0, 0.05) is 11.6 Å². The maximum atomic E-state index is 13.1. The van der Waals surface area contributed by atoms with Gasteiger partial charge in [0.1, 0.15) is 17.3 Å². The van der Waals surface area contributed by atoms with Crippen LogP contribution in [0.2, 0.25) is 0 Å². The van der Waals surface area contributed by atoms with Crippen LogP contribution in [0.15, 0.2) is 36.4 Å². The van der Waals surface area contributed by atoms with Crippen molar-refractivity contribution in [1.82, 2.24) is 0 Å². The second-order valence-electron chi connectivity index (χ2n) is 5.75. The molecule has 0 radical (unpaired) electrons. The Morgan fingerprint density at radius 2 is 1.74 bits per heavy atom. The zero-order valence-corrected chi connectivity index (χ0v) is 13.9. The molecule has 0 heterocycles. The molecule has 0 saturated carbocycles. The van der Waals surface area contributed by atoms with Gasteiger partial charge in [0.15, 0.2) is 0 Å². The zero-order chi connectivity index (χ0) is 16.7. The van der Waals surface area contributed by atoms with Crippen LogP contribution in [0, 0.1) is 5.82 Å². The predicted octanol–water partition coefficient (Wildman–Crippen LogP) is 5.72. The third-order valence-corrected chi connectivity index (χ3v) is 3.97. The fourth-order valence-electron chi connectivity index (χ4n) is 2.60. The third-order valence-electron chi connectivity index (χ3n) is 3.97. The summed E-state index contributed by atoms with van der Waals surface area (Å²) in [5, 5.41) is 10.3. The molecule has 0 amide bonds. The average molecular weight is 316 g/mol. The first-order valence-corrected chi connectivity index (χ1v) is 8.40. The lowest BCUT2D eigenvalue weighted by atomic mass is 10.00. The summed E-state index contributed by atoms with van der Waals surface area (Å²) in [6, 6.07) is 9.77. The van der Waals surface area contributed by atoms with Gasteiger partial charge in [-0.25, -0.2) is 4.39 Å². The first-order valence-electron chi connectivity index (χ1n) is 8.40. The summed E-state index contributed by atoms with van der Waals surface area (Å²) in [6.07, 6.45) is 5.43. The Kier molecular flexibility index (Phi) is 6.45. The number of aromatic hydroxyl groups is 1. The van der Waals surface area contributed by atoms with Crippen molar-refractivity contribution in [2.45, 2.75) is 46.0 Å². The zero-order valence-electron chi connectivity index (χ0n) is 13.9. The standard InChI is InChI=1S/C20H25FO2/c1-3-5-6-7-12-23-20-14-19(22)18(13-15(20)4-2)16-8-10-17(21)11-9-16/h8-11,13-14,22H,3-7,12H2,1-2H3. The lowest BCUT2D eigenvalue weighted by Gasteiger charge is -2.14. The van der Waals surface area contributed by atoms with E-state index in [-0.39, 0.29) is 11.6 Å². The maximum Gasteiger partial charge on any atom is 0.127 e. The van der Waals surface area contributed by atoms with Crippen molar-refractivity contribution >= 4 is 0 Å². The van der Waals surface area contributed by atoms with Crippen LogP contribution in [0.3, 0.4) is 0 Å². The van der Waals surface area contributed by atoms with Gasteiger partial charge in [-0.15, -0.1) is 0 Å². The van der Waals surface area contributed by atoms with Gasteiger partial charge >= 0.3 is 0 Å². The fourth-order valence-corrected chi connectivity index (χ4v) is 2.60. The second-order valence-corrected chi connectivity index (χ2v) is 5.75. The fraction of sp³-hybridized carbons (Fsp3) is 0.400. The highest BCUT2D eigenvalue weighted by Gasteiger charge is 2.11. The van der Waals surface area contributed by atoms with Gasteiger partial charge in [0.25, 0.3) is 0 Å². The number of halogens is 1. The monoisotopic (exact) mass is 316 g/mol. The summed E-state index contributed by atoms with van der Waals surface area (Å²) in [5.74, 6) is 0.626. The van der Waals surface area contributed by atoms with Gasteiger partial charge in [-0.2, -0.15) is 0 Å². The quantitative estimate of drug-likeness (QED) is 0.631. The van der Waals surface area contributed by atoms with Gasteiger partial charge in [0.05, 0.1) is 6.61 Å². The van der Waals surface area contributed by atoms with Gasteiger partial charge in [-0.3, -0.25) is 0 Å². The number of ether oxygens (including phenoxy) is 1. The molecule has 2 rings (SSSR count). The Morgan fingerprint density at radius 3 is 2.39 bits per heavy atom. The molecule has 0 fully saturated rings. The molecule has 0 bridgehead atoms. The summed E-state index contributed by atoms with van der Waals surface area (Å²) < 4.78 is 18.9. The highest BCUT2D eigenvalue weighted by Crippen LogP contribution is 2.35. The molecule has 0 aromatic heterocycles. The SMILES string of the molecule is CCCCCCOc1cc(O)c(-c2ccc(F)cc2)cc1CC. The molecule has 23 heavy (non-hydrogen) atoms. The van der Waals surface area contributed by atoms with Gasteiger partial charge < -0.3 is 9.84 Å². The number of benzene rings is 2. The molecular formula is C20H25FO2. The van der Waals surface area contributed by atoms with Crippen LogP contribution < -0.4 is 4.74 Å². The number of rotatable bonds is 8. The van der Waals surface area contributed by atoms with Gasteiger partial charge in [-0.05, 0) is 42.2 Å². The van der Waals surface area contributed by atoms with Crippen LogP contribution >= 0.6 is 0 Å². The van der Waals surface area contributed by atoms with E-state index in [1.807, 2.05) is 6.07 Å². The van der Waals surface area contributed by atoms with Crippen LogP contribution in [0.25, 0.3) is 11.1 Å². The second kappa shape index (κ2) is 8.56. The Morgan fingerprint density at radius 1 is 1.00 bits per heavy atom. The molecule has 0 aliphatic rings. The first kappa shape index (κ1) is 17.3. The van der Waals surface area contributed by atoms with Crippen LogP contribution in [0.1, 0.15) is 45.1 Å². The Bertz CT molecular complexity index is 620. The molecule has 124 valence electrons. The van der Waals surface area contributed by atoms with Crippen molar-refractivity contribution in [2.75, 3.05) is 6.61 Å². The van der Waals surface area contributed by atoms with Crippen LogP contribution in [-0.4, -0.2) is 11.7 Å². The molecule has 0 aliphatic heterocycles. The van der Waals surface area contributed by atoms with Crippen molar-refractivity contribution < 1.29 is 14.2 Å². The molecule has 2 nitrogen and oxygen atoms in total. The Hall–Kier alpha value is -2.03. The highest BCUT2D eigenvalue weighted by molar-refractivity contribution is 5.72. The summed E-state index contributed by atoms with van der Waals surface area (Å²) in [7, 11) is 0. The molecule has 0 aliphatic carbocycles. The van der Waals surface area contributed by atoms with E-state index in [0.717, 1.165) is 36.1 Å². The van der Waals surface area contributed by atoms with Crippen molar-refractivity contribution in [3.05, 3.63) is 47.8 Å². The topological polar surface area (TPSA) is 29.5 Å². The molecular weight excluding hydrogens is 291 g/mol. The van der Waals surface area contributed by atoms with E-state index in [1.165, 1.54) is 25.0 Å². The summed E-state index contributed by atoms with van der Waals surface area (Å²) >= 11 is 0. The van der Waals surface area contributed by atoms with Crippen molar-refractivity contribution in [1.29, 1.82) is 0 Å². The number of hydrogen-bond acceptors (Lipinski definition) is 2. The normalized spacial score (nSPS) is 10.7. The maximum absolute atomic E-state index is 13.1. The Balaban J connectivity index is 2.16. The van der Waals surface area contributed by atoms with Crippen LogP contribution in [0.5, 0.6) is 11.5 Å². The molecule has 1 N–H and O–H groups in total. The molecule has 2 aromatic rings. The molecule has 2 aromatic carbocycles. The first-order chi connectivity index (χ1) is 11.2. The van der Waals surface area contributed by atoms with E-state index in [1.54, 1.807) is 18.2 Å². The third kappa shape index (κ3) is 4.72. The van der Waals surface area contributed by atoms with Crippen molar-refractivity contribution in [3.63, 3.8) is 0 Å². The number of aryl methyl sites for hydroxylation is 1. The Labute approximate surface area is 137 Å². The highest BCUT2D eigenvalue weighted by atomic mass is 19.1. The average Bonchev–Trinajstić information content (AvgIpc) is 2.56. The minimum Gasteiger partial charge on any atom is -0.507 e. The number of hydrogen-bond donors (Lipinski definition) is 1. The molecule has 0 atom stereocenters. The lowest BCUT2D eigenvalue weighted by molar-refractivity contribution is 0.300. The van der Waals surface area contributed by atoms with E-state index in [4.69, 9.17) is 4.74 Å². The smallest absolute Gasteiger partial charge is 0.127 e.